The van der Waals surface area contributed by atoms with Gasteiger partial charge in [-0.2, -0.15) is 10.4 Å². The van der Waals surface area contributed by atoms with E-state index in [1.165, 1.54) is 0 Å². The molecule has 0 saturated heterocycles. The fourth-order valence-corrected chi connectivity index (χ4v) is 2.96. The largest absolute Gasteiger partial charge is 0.346 e. The minimum Gasteiger partial charge on any atom is -0.346 e. The zero-order valence-electron chi connectivity index (χ0n) is 15.0. The molecule has 0 bridgehead atoms. The lowest BCUT2D eigenvalue weighted by Crippen LogP contribution is -2.23. The van der Waals surface area contributed by atoms with E-state index in [9.17, 15) is 4.79 Å². The fourth-order valence-electron chi connectivity index (χ4n) is 2.96. The summed E-state index contributed by atoms with van der Waals surface area (Å²) in [5.41, 5.74) is 3.03. The van der Waals surface area contributed by atoms with Crippen LogP contribution in [-0.4, -0.2) is 32.2 Å². The second-order valence-electron chi connectivity index (χ2n) is 6.25. The molecule has 0 radical (unpaired) electrons. The number of amides is 1. The number of nitriles is 1. The monoisotopic (exact) mass is 347 g/mol. The molecule has 132 valence electrons. The molecule has 2 heterocycles. The second kappa shape index (κ2) is 7.70. The maximum absolute atomic E-state index is 12.4. The maximum Gasteiger partial charge on any atom is 0.246 e. The van der Waals surface area contributed by atoms with Gasteiger partial charge in [0.15, 0.2) is 0 Å². The van der Waals surface area contributed by atoms with Gasteiger partial charge in [0.1, 0.15) is 0 Å². The van der Waals surface area contributed by atoms with Gasteiger partial charge in [0.2, 0.25) is 5.91 Å². The predicted molar refractivity (Wildman–Crippen MR) is 101 cm³/mol. The Kier molecular flexibility index (Phi) is 5.18. The van der Waals surface area contributed by atoms with Crippen molar-refractivity contribution in [1.82, 2.24) is 19.2 Å². The Morgan fingerprint density at radius 2 is 2.15 bits per heavy atom. The summed E-state index contributed by atoms with van der Waals surface area (Å²) in [6, 6.07) is 10.2. The second-order valence-corrected chi connectivity index (χ2v) is 6.25. The zero-order valence-corrected chi connectivity index (χ0v) is 15.0. The average Bonchev–Trinajstić information content (AvgIpc) is 3.21. The van der Waals surface area contributed by atoms with E-state index in [1.54, 1.807) is 28.9 Å². The van der Waals surface area contributed by atoms with Crippen molar-refractivity contribution in [2.75, 3.05) is 7.05 Å². The standard InChI is InChI=1S/C20H21N5O/c1-23(13-16-12-22-24(2)14-16)20(26)9-8-17-15-25(11-5-10-21)19-7-4-3-6-18(17)19/h3-4,6-9,12,14-15H,5,11,13H2,1-2H3/b9-8+. The lowest BCUT2D eigenvalue weighted by Gasteiger charge is -2.13. The van der Waals surface area contributed by atoms with Crippen molar-refractivity contribution < 1.29 is 4.79 Å². The number of rotatable bonds is 6. The van der Waals surface area contributed by atoms with Crippen LogP contribution >= 0.6 is 0 Å². The van der Waals surface area contributed by atoms with Gasteiger partial charge in [-0.15, -0.1) is 0 Å². The van der Waals surface area contributed by atoms with E-state index < -0.39 is 0 Å². The quantitative estimate of drug-likeness (QED) is 0.644. The zero-order chi connectivity index (χ0) is 18.5. The lowest BCUT2D eigenvalue weighted by atomic mass is 10.1. The van der Waals surface area contributed by atoms with Crippen LogP contribution < -0.4 is 0 Å². The first kappa shape index (κ1) is 17.5. The normalized spacial score (nSPS) is 11.1. The molecular weight excluding hydrogens is 326 g/mol. The van der Waals surface area contributed by atoms with Crippen molar-refractivity contribution in [3.05, 3.63) is 60.1 Å². The Balaban J connectivity index is 1.77. The maximum atomic E-state index is 12.4. The third-order valence-electron chi connectivity index (χ3n) is 4.24. The number of aromatic nitrogens is 3. The van der Waals surface area contributed by atoms with Crippen LogP contribution in [0.3, 0.4) is 0 Å². The number of hydrogen-bond acceptors (Lipinski definition) is 3. The molecule has 0 unspecified atom stereocenters. The molecule has 26 heavy (non-hydrogen) atoms. The molecule has 3 aromatic rings. The van der Waals surface area contributed by atoms with Crippen LogP contribution in [0.4, 0.5) is 0 Å². The predicted octanol–water partition coefficient (Wildman–Crippen LogP) is 2.96. The van der Waals surface area contributed by atoms with Crippen LogP contribution in [0.1, 0.15) is 17.5 Å². The Hall–Kier alpha value is -3.33. The minimum atomic E-state index is -0.0669. The van der Waals surface area contributed by atoms with Crippen molar-refractivity contribution in [2.24, 2.45) is 7.05 Å². The summed E-state index contributed by atoms with van der Waals surface area (Å²) in [5.74, 6) is -0.0669. The summed E-state index contributed by atoms with van der Waals surface area (Å²) in [7, 11) is 3.63. The molecule has 1 amide bonds. The third-order valence-corrected chi connectivity index (χ3v) is 4.24. The van der Waals surface area contributed by atoms with Crippen molar-refractivity contribution in [1.29, 1.82) is 5.26 Å². The molecule has 0 aliphatic carbocycles. The smallest absolute Gasteiger partial charge is 0.246 e. The molecule has 0 aliphatic heterocycles. The van der Waals surface area contributed by atoms with Gasteiger partial charge in [-0.25, -0.2) is 0 Å². The van der Waals surface area contributed by atoms with Gasteiger partial charge < -0.3 is 9.47 Å². The molecule has 0 atom stereocenters. The molecule has 0 aliphatic rings. The molecule has 0 saturated carbocycles. The van der Waals surface area contributed by atoms with Gasteiger partial charge in [-0.3, -0.25) is 9.48 Å². The minimum absolute atomic E-state index is 0.0669. The number of hydrogen-bond donors (Lipinski definition) is 0. The van der Waals surface area contributed by atoms with Crippen LogP contribution in [0, 0.1) is 11.3 Å². The Labute approximate surface area is 152 Å². The molecule has 0 spiro atoms. The number of carbonyl (C=O) groups excluding carboxylic acids is 1. The first-order valence-electron chi connectivity index (χ1n) is 8.44. The molecule has 2 aromatic heterocycles. The number of carbonyl (C=O) groups is 1. The van der Waals surface area contributed by atoms with Gasteiger partial charge in [-0.1, -0.05) is 18.2 Å². The topological polar surface area (TPSA) is 66.8 Å². The Morgan fingerprint density at radius 3 is 2.88 bits per heavy atom. The fraction of sp³-hybridized carbons (Fsp3) is 0.250. The van der Waals surface area contributed by atoms with Crippen LogP contribution in [0.25, 0.3) is 17.0 Å². The highest BCUT2D eigenvalue weighted by Crippen LogP contribution is 2.23. The van der Waals surface area contributed by atoms with E-state index in [1.807, 2.05) is 49.8 Å². The first-order valence-corrected chi connectivity index (χ1v) is 8.44. The highest BCUT2D eigenvalue weighted by Gasteiger charge is 2.09. The molecule has 6 nitrogen and oxygen atoms in total. The van der Waals surface area contributed by atoms with E-state index in [0.29, 0.717) is 19.5 Å². The summed E-state index contributed by atoms with van der Waals surface area (Å²) in [6.07, 6.45) is 9.54. The van der Waals surface area contributed by atoms with Gasteiger partial charge in [0, 0.05) is 67.7 Å². The highest BCUT2D eigenvalue weighted by molar-refractivity contribution is 5.96. The number of benzene rings is 1. The van der Waals surface area contributed by atoms with E-state index in [0.717, 1.165) is 22.0 Å². The number of nitrogens with zero attached hydrogens (tertiary/aromatic N) is 5. The van der Waals surface area contributed by atoms with E-state index in [2.05, 4.69) is 15.7 Å². The van der Waals surface area contributed by atoms with Crippen molar-refractivity contribution in [3.8, 4) is 6.07 Å². The van der Waals surface area contributed by atoms with Crippen LogP contribution in [0.5, 0.6) is 0 Å². The molecule has 1 aromatic carbocycles. The molecular formula is C20H21N5O. The van der Waals surface area contributed by atoms with Crippen LogP contribution in [0.2, 0.25) is 0 Å². The van der Waals surface area contributed by atoms with E-state index in [4.69, 9.17) is 5.26 Å². The van der Waals surface area contributed by atoms with Gasteiger partial charge in [0.25, 0.3) is 0 Å². The van der Waals surface area contributed by atoms with Crippen LogP contribution in [-0.2, 0) is 24.9 Å². The van der Waals surface area contributed by atoms with Crippen molar-refractivity contribution >= 4 is 22.9 Å². The summed E-state index contributed by atoms with van der Waals surface area (Å²) in [5, 5.41) is 14.0. The number of fused-ring (bicyclic) bond motifs is 1. The Morgan fingerprint density at radius 1 is 1.35 bits per heavy atom. The van der Waals surface area contributed by atoms with E-state index in [-0.39, 0.29) is 5.91 Å². The van der Waals surface area contributed by atoms with Gasteiger partial charge in [-0.05, 0) is 12.1 Å². The number of likely N-dealkylation sites (N-methyl/N-ethyl adjacent to an activating group) is 1. The van der Waals surface area contributed by atoms with Crippen molar-refractivity contribution in [2.45, 2.75) is 19.5 Å². The number of para-hydroxylation sites is 1. The SMILES string of the molecule is CN(Cc1cnn(C)c1)C(=O)/C=C/c1cn(CCC#N)c2ccccc12. The summed E-state index contributed by atoms with van der Waals surface area (Å²) in [6.45, 7) is 1.15. The summed E-state index contributed by atoms with van der Waals surface area (Å²) in [4.78, 5) is 14.1. The third kappa shape index (κ3) is 3.83. The highest BCUT2D eigenvalue weighted by atomic mass is 16.2. The lowest BCUT2D eigenvalue weighted by molar-refractivity contribution is -0.125. The number of aryl methyl sites for hydroxylation is 2. The summed E-state index contributed by atoms with van der Waals surface area (Å²) < 4.78 is 3.78. The Bertz CT molecular complexity index is 989. The average molecular weight is 347 g/mol. The van der Waals surface area contributed by atoms with Gasteiger partial charge >= 0.3 is 0 Å². The molecule has 3 rings (SSSR count). The van der Waals surface area contributed by atoms with Gasteiger partial charge in [0.05, 0.1) is 18.7 Å². The van der Waals surface area contributed by atoms with Crippen LogP contribution in [0.15, 0.2) is 48.9 Å². The first-order chi connectivity index (χ1) is 12.6. The van der Waals surface area contributed by atoms with Crippen molar-refractivity contribution in [3.63, 3.8) is 0 Å². The molecule has 0 N–H and O–H groups in total. The molecule has 6 heteroatoms. The molecule has 0 fully saturated rings. The summed E-state index contributed by atoms with van der Waals surface area (Å²) >= 11 is 0. The van der Waals surface area contributed by atoms with E-state index >= 15 is 0 Å².